The number of rotatable bonds is 11. The fraction of sp³-hybridized carbons (Fsp3) is 0.474. The molecular formula is C38H56Cl6N4O15. The lowest BCUT2D eigenvalue weighted by molar-refractivity contribution is -0.172. The summed E-state index contributed by atoms with van der Waals surface area (Å²) in [6.45, 7) is 9.85. The van der Waals surface area contributed by atoms with Gasteiger partial charge in [-0.25, -0.2) is 14.3 Å². The summed E-state index contributed by atoms with van der Waals surface area (Å²) in [5.41, 5.74) is 3.97. The Kier molecular flexibility index (Phi) is 33.0. The first kappa shape index (κ1) is 64.1. The van der Waals surface area contributed by atoms with Gasteiger partial charge in [-0.3, -0.25) is 14.3 Å². The molecule has 0 bridgehead atoms. The van der Waals surface area contributed by atoms with E-state index in [0.717, 1.165) is 11.4 Å². The summed E-state index contributed by atoms with van der Waals surface area (Å²) < 4.78 is -0.451. The average molecular weight is 1020 g/mol. The minimum atomic E-state index is -2.36. The highest BCUT2D eigenvalue weighted by atomic mass is 35.6. The number of allylic oxidation sites excluding steroid dienone is 2. The number of halogens is 6. The van der Waals surface area contributed by atoms with E-state index in [2.05, 4.69) is 37.5 Å². The zero-order valence-corrected chi connectivity index (χ0v) is 39.6. The number of alkyl halides is 6. The van der Waals surface area contributed by atoms with E-state index in [4.69, 9.17) is 126 Å². The number of aryl methyl sites for hydroxylation is 1. The summed E-state index contributed by atoms with van der Waals surface area (Å²) in [4.78, 5) is 42.3. The number of aliphatic carboxylic acids is 2. The number of phenols is 1. The van der Waals surface area contributed by atoms with Gasteiger partial charge >= 0.3 is 11.9 Å². The number of aromatic nitrogens is 2. The first-order valence-corrected chi connectivity index (χ1v) is 20.2. The maximum Gasteiger partial charge on any atom is 0.335 e. The van der Waals surface area contributed by atoms with Crippen LogP contribution < -0.4 is 16.2 Å². The molecule has 360 valence electrons. The van der Waals surface area contributed by atoms with Crippen molar-refractivity contribution in [3.63, 3.8) is 0 Å². The van der Waals surface area contributed by atoms with Crippen LogP contribution in [-0.4, -0.2) is 141 Å². The molecule has 13 N–H and O–H groups in total. The van der Waals surface area contributed by atoms with Crippen molar-refractivity contribution in [1.82, 2.24) is 14.7 Å². The quantitative estimate of drug-likeness (QED) is 0.0568. The van der Waals surface area contributed by atoms with Gasteiger partial charge in [0.05, 0.1) is 5.69 Å². The number of nitrogens with zero attached hydrogens (tertiary/aromatic N) is 2. The minimum absolute atomic E-state index is 0.0104. The topological polar surface area (TPSA) is 325 Å². The number of carbonyl (C=O) groups excluding carboxylic acids is 1. The van der Waals surface area contributed by atoms with Crippen LogP contribution in [0.3, 0.4) is 0 Å². The van der Waals surface area contributed by atoms with Crippen molar-refractivity contribution in [3.05, 3.63) is 88.4 Å². The lowest BCUT2D eigenvalue weighted by Crippen LogP contribution is -2.49. The number of phenolic OH excluding ortho intramolecular Hbond substituents is 1. The number of carbonyl (C=O) groups is 3. The molecule has 1 amide bonds. The number of aliphatic hydroxyl groups excluding tert-OH is 6. The molecule has 3 aromatic rings. The number of hydrogen-bond acceptors (Lipinski definition) is 14. The molecular weight excluding hydrogens is 965 g/mol. The Balaban J connectivity index is -0.000000700. The molecule has 0 aliphatic heterocycles. The third-order valence-corrected chi connectivity index (χ3v) is 8.44. The van der Waals surface area contributed by atoms with Crippen LogP contribution in [0.1, 0.15) is 46.2 Å². The maximum atomic E-state index is 11.6. The monoisotopic (exact) mass is 1020 g/mol. The van der Waals surface area contributed by atoms with Crippen molar-refractivity contribution < 1.29 is 70.6 Å². The summed E-state index contributed by atoms with van der Waals surface area (Å²) >= 11 is 29.4. The van der Waals surface area contributed by atoms with Gasteiger partial charge in [-0.2, -0.15) is 0 Å². The van der Waals surface area contributed by atoms with E-state index in [1.165, 1.54) is 37.5 Å². The molecule has 1 heterocycles. The molecule has 0 saturated carbocycles. The number of amides is 1. The van der Waals surface area contributed by atoms with Gasteiger partial charge in [0.2, 0.25) is 13.5 Å². The normalized spacial score (nSPS) is 13.1. The molecule has 0 aliphatic carbocycles. The summed E-state index contributed by atoms with van der Waals surface area (Å²) in [5.74, 6) is -3.60. The van der Waals surface area contributed by atoms with Crippen molar-refractivity contribution in [2.75, 3.05) is 12.4 Å². The number of carboxylic acids is 2. The molecule has 2 aromatic carbocycles. The smallest absolute Gasteiger partial charge is 0.335 e. The summed E-state index contributed by atoms with van der Waals surface area (Å²) in [5, 5.41) is 98.3. The number of aliphatic hydroxyl groups is 8. The number of para-hydroxylation sites is 1. The van der Waals surface area contributed by atoms with E-state index in [0.29, 0.717) is 11.7 Å². The second kappa shape index (κ2) is 32.4. The van der Waals surface area contributed by atoms with Crippen LogP contribution in [0.25, 0.3) is 5.69 Å². The Labute approximate surface area is 393 Å². The minimum Gasteiger partial charge on any atom is -0.508 e. The van der Waals surface area contributed by atoms with Crippen LogP contribution in [0.15, 0.2) is 77.1 Å². The maximum absolute atomic E-state index is 11.6. The zero-order valence-electron chi connectivity index (χ0n) is 35.0. The summed E-state index contributed by atoms with van der Waals surface area (Å²) in [6.07, 6.45) is -8.37. The van der Waals surface area contributed by atoms with Crippen molar-refractivity contribution in [2.24, 2.45) is 7.05 Å². The van der Waals surface area contributed by atoms with Crippen LogP contribution in [-0.2, 0) is 21.4 Å². The second-order valence-corrected chi connectivity index (χ2v) is 17.7. The van der Waals surface area contributed by atoms with Gasteiger partial charge in [0.1, 0.15) is 18.0 Å². The molecule has 19 nitrogen and oxygen atoms in total. The molecule has 25 heteroatoms. The first-order chi connectivity index (χ1) is 28.7. The van der Waals surface area contributed by atoms with E-state index < -0.39 is 56.5 Å². The molecule has 0 spiro atoms. The molecule has 0 radical (unpaired) electrons. The molecule has 0 fully saturated rings. The molecule has 63 heavy (non-hydrogen) atoms. The van der Waals surface area contributed by atoms with Crippen molar-refractivity contribution >= 4 is 93.1 Å². The van der Waals surface area contributed by atoms with Crippen molar-refractivity contribution in [1.29, 1.82) is 0 Å². The fourth-order valence-electron chi connectivity index (χ4n) is 3.69. The van der Waals surface area contributed by atoms with Crippen LogP contribution in [0.4, 0.5) is 5.69 Å². The van der Waals surface area contributed by atoms with Gasteiger partial charge < -0.3 is 66.8 Å². The molecule has 3 rings (SSSR count). The Bertz CT molecular complexity index is 1790. The van der Waals surface area contributed by atoms with Crippen LogP contribution in [0.5, 0.6) is 5.75 Å². The van der Waals surface area contributed by atoms with Gasteiger partial charge in [-0.15, -0.1) is 0 Å². The number of benzene rings is 2. The highest BCUT2D eigenvalue weighted by Crippen LogP contribution is 2.29. The van der Waals surface area contributed by atoms with E-state index in [9.17, 15) is 19.2 Å². The molecule has 0 aliphatic rings. The predicted octanol–water partition coefficient (Wildman–Crippen LogP) is 3.11. The van der Waals surface area contributed by atoms with E-state index in [1.807, 2.05) is 56.0 Å². The third kappa shape index (κ3) is 30.5. The predicted molar refractivity (Wildman–Crippen MR) is 242 cm³/mol. The Hall–Kier alpha value is -3.22. The highest BCUT2D eigenvalue weighted by Gasteiger charge is 2.37. The number of anilines is 1. The number of aromatic hydroxyl groups is 1. The molecule has 5 atom stereocenters. The number of hydrogen-bond donors (Lipinski definition) is 13. The molecule has 0 saturated heterocycles. The SMILES string of the molecule is CC(=O)Nc1ccc(O)cc1.CNC(C)CCC=C(C)C.Cc1cc(=O)n(-c2ccccc2)n1C.O=C(O)C(O)C(O)C(O)C(O)C(=O)O.OC(O)C(Cl)(Cl)Cl.OC(O)C(Cl)(Cl)Cl. The summed E-state index contributed by atoms with van der Waals surface area (Å²) in [6, 6.07) is 18.2. The second-order valence-electron chi connectivity index (χ2n) is 12.9. The molecule has 5 unspecified atom stereocenters. The van der Waals surface area contributed by atoms with Crippen LogP contribution in [0, 0.1) is 6.92 Å². The fourth-order valence-corrected chi connectivity index (χ4v) is 3.69. The zero-order chi connectivity index (χ0) is 50.0. The average Bonchev–Trinajstić information content (AvgIpc) is 3.44. The van der Waals surface area contributed by atoms with Crippen LogP contribution in [0.2, 0.25) is 0 Å². The lowest BCUT2D eigenvalue weighted by atomic mass is 10.0. The van der Waals surface area contributed by atoms with Gasteiger partial charge in [-0.1, -0.05) is 99.5 Å². The Morgan fingerprint density at radius 2 is 1.14 bits per heavy atom. The Morgan fingerprint density at radius 3 is 1.43 bits per heavy atom. The largest absolute Gasteiger partial charge is 0.508 e. The van der Waals surface area contributed by atoms with Gasteiger partial charge in [0, 0.05) is 37.5 Å². The van der Waals surface area contributed by atoms with Gasteiger partial charge in [0.25, 0.3) is 5.56 Å². The van der Waals surface area contributed by atoms with Gasteiger partial charge in [-0.05, 0) is 84.0 Å². The number of carboxylic acid groups (broad SMARTS) is 2. The highest BCUT2D eigenvalue weighted by molar-refractivity contribution is 6.68. The van der Waals surface area contributed by atoms with E-state index in [1.54, 1.807) is 22.9 Å². The third-order valence-electron chi connectivity index (χ3n) is 7.27. The van der Waals surface area contributed by atoms with Gasteiger partial charge in [0.15, 0.2) is 24.8 Å². The molecule has 1 aromatic heterocycles. The summed E-state index contributed by atoms with van der Waals surface area (Å²) in [7, 11) is 3.89. The van der Waals surface area contributed by atoms with Crippen molar-refractivity contribution in [2.45, 2.75) is 98.1 Å². The van der Waals surface area contributed by atoms with E-state index in [-0.39, 0.29) is 17.2 Å². The Morgan fingerprint density at radius 1 is 0.746 bits per heavy atom. The van der Waals surface area contributed by atoms with Crippen molar-refractivity contribution in [3.8, 4) is 11.4 Å². The van der Waals surface area contributed by atoms with E-state index >= 15 is 0 Å². The lowest BCUT2D eigenvalue weighted by Gasteiger charge is -2.21. The number of nitrogens with one attached hydrogen (secondary N) is 2. The first-order valence-electron chi connectivity index (χ1n) is 17.9. The standard InChI is InChI=1S/C11H12N2O.C9H19N.C8H9NO2.C6H10O8.2C2H3Cl3O2/c1-9-8-11(14)13(12(9)2)10-6-4-3-5-7-10;1-8(2)6-5-7-9(3)10-4;1-6(10)9-7-2-4-8(11)5-3-7;7-1(3(9)5(11)12)2(8)4(10)6(13)14;2*3-2(4,5)1(6)7/h3-8H,1-2H3;6,9-10H,5,7H2,1-4H3;2-5,11H,1H3,(H,9,10);1-4,7-10H,(H,11,12)(H,13,14);2*1,6-7H. The van der Waals surface area contributed by atoms with Crippen LogP contribution >= 0.6 is 69.6 Å².